The Labute approximate surface area is 183 Å². The Morgan fingerprint density at radius 1 is 1.00 bits per heavy atom. The van der Waals surface area contributed by atoms with Gasteiger partial charge in [0.15, 0.2) is 0 Å². The molecule has 0 aromatic heterocycles. The zero-order chi connectivity index (χ0) is 19.5. The van der Waals surface area contributed by atoms with Crippen LogP contribution in [0, 0.1) is 5.92 Å². The molecule has 0 unspecified atom stereocenters. The maximum Gasteiger partial charge on any atom is 0.338 e. The van der Waals surface area contributed by atoms with Gasteiger partial charge in [-0.1, -0.05) is 57.2 Å². The Kier molecular flexibility index (Phi) is 12.0. The van der Waals surface area contributed by atoms with E-state index in [9.17, 15) is 4.79 Å². The number of benzene rings is 1. The van der Waals surface area contributed by atoms with E-state index < -0.39 is 0 Å². The van der Waals surface area contributed by atoms with Crippen molar-refractivity contribution in [1.29, 1.82) is 0 Å². The molecule has 0 radical (unpaired) electrons. The van der Waals surface area contributed by atoms with Crippen molar-refractivity contribution >= 4 is 5.97 Å². The van der Waals surface area contributed by atoms with Gasteiger partial charge >= 0.3 is 5.97 Å². The topological polar surface area (TPSA) is 26.3 Å². The first-order valence-corrected chi connectivity index (χ1v) is 11.1. The Morgan fingerprint density at radius 2 is 1.64 bits per heavy atom. The molecule has 0 heterocycles. The molecule has 1 aliphatic carbocycles. The Morgan fingerprint density at radius 3 is 2.36 bits per heavy atom. The van der Waals surface area contributed by atoms with Gasteiger partial charge < -0.3 is 26.2 Å². The molecule has 0 amide bonds. The van der Waals surface area contributed by atoms with Gasteiger partial charge in [-0.3, -0.25) is 0 Å². The highest BCUT2D eigenvalue weighted by atomic mass is 79.9. The SMILES string of the molecule is CCCCCCCC[N+](C)(C)C[C@H]1CCCC[C@H]1OC(=O)c1ccccc1.[Br-]. The number of rotatable bonds is 11. The fourth-order valence-corrected chi connectivity index (χ4v) is 4.36. The number of quaternary nitrogens is 1. The van der Waals surface area contributed by atoms with Gasteiger partial charge in [-0.25, -0.2) is 4.79 Å². The number of nitrogens with zero attached hydrogens (tertiary/aromatic N) is 1. The van der Waals surface area contributed by atoms with E-state index in [1.165, 1.54) is 64.3 Å². The first-order chi connectivity index (χ1) is 13.0. The summed E-state index contributed by atoms with van der Waals surface area (Å²) in [6, 6.07) is 9.42. The third kappa shape index (κ3) is 9.09. The van der Waals surface area contributed by atoms with Crippen LogP contribution in [0.25, 0.3) is 0 Å². The fraction of sp³-hybridized carbons (Fsp3) is 0.708. The van der Waals surface area contributed by atoms with Gasteiger partial charge in [0.1, 0.15) is 6.10 Å². The number of ether oxygens (including phenoxy) is 1. The first kappa shape index (κ1) is 25.2. The number of unbranched alkanes of at least 4 members (excludes halogenated alkanes) is 5. The predicted molar refractivity (Wildman–Crippen MR) is 113 cm³/mol. The van der Waals surface area contributed by atoms with Crippen LogP contribution >= 0.6 is 0 Å². The highest BCUT2D eigenvalue weighted by molar-refractivity contribution is 5.89. The van der Waals surface area contributed by atoms with Crippen LogP contribution in [0.5, 0.6) is 0 Å². The molecule has 0 N–H and O–H groups in total. The number of halogens is 1. The lowest BCUT2D eigenvalue weighted by Gasteiger charge is -2.38. The van der Waals surface area contributed by atoms with Crippen molar-refractivity contribution in [3.05, 3.63) is 35.9 Å². The van der Waals surface area contributed by atoms with Gasteiger partial charge in [0.25, 0.3) is 0 Å². The zero-order valence-corrected chi connectivity index (χ0v) is 19.8. The lowest BCUT2D eigenvalue weighted by atomic mass is 9.85. The monoisotopic (exact) mass is 453 g/mol. The van der Waals surface area contributed by atoms with Gasteiger partial charge in [-0.2, -0.15) is 0 Å². The Bertz CT molecular complexity index is 547. The van der Waals surface area contributed by atoms with E-state index in [-0.39, 0.29) is 29.1 Å². The second-order valence-corrected chi connectivity index (χ2v) is 8.96. The summed E-state index contributed by atoms with van der Waals surface area (Å²) in [7, 11) is 4.69. The second kappa shape index (κ2) is 13.4. The minimum absolute atomic E-state index is 0. The average Bonchev–Trinajstić information content (AvgIpc) is 2.66. The van der Waals surface area contributed by atoms with E-state index >= 15 is 0 Å². The molecule has 2 atom stereocenters. The van der Waals surface area contributed by atoms with E-state index in [2.05, 4.69) is 21.0 Å². The van der Waals surface area contributed by atoms with Crippen molar-refractivity contribution in [3.63, 3.8) is 0 Å². The summed E-state index contributed by atoms with van der Waals surface area (Å²) in [6.07, 6.45) is 12.8. The Hall–Kier alpha value is -0.870. The molecule has 4 heteroatoms. The molecule has 1 aromatic carbocycles. The maximum atomic E-state index is 12.5. The summed E-state index contributed by atoms with van der Waals surface area (Å²) in [4.78, 5) is 12.5. The van der Waals surface area contributed by atoms with E-state index in [0.29, 0.717) is 11.5 Å². The van der Waals surface area contributed by atoms with Gasteiger partial charge in [0.2, 0.25) is 0 Å². The summed E-state index contributed by atoms with van der Waals surface area (Å²) in [6.45, 7) is 4.61. The van der Waals surface area contributed by atoms with Gasteiger partial charge in [0, 0.05) is 5.92 Å². The van der Waals surface area contributed by atoms with Crippen LogP contribution in [0.1, 0.15) is 81.5 Å². The van der Waals surface area contributed by atoms with Crippen molar-refractivity contribution in [1.82, 2.24) is 0 Å². The zero-order valence-electron chi connectivity index (χ0n) is 18.2. The van der Waals surface area contributed by atoms with E-state index in [4.69, 9.17) is 4.74 Å². The molecule has 0 aliphatic heterocycles. The average molecular weight is 454 g/mol. The quantitative estimate of drug-likeness (QED) is 0.292. The molecular weight excluding hydrogens is 414 g/mol. The lowest BCUT2D eigenvalue weighted by Crippen LogP contribution is -3.00. The third-order valence-corrected chi connectivity index (χ3v) is 5.95. The minimum atomic E-state index is -0.159. The normalized spacial score (nSPS) is 19.7. The summed E-state index contributed by atoms with van der Waals surface area (Å²) in [5.41, 5.74) is 0.669. The molecular formula is C24H40BrNO2. The van der Waals surface area contributed by atoms with Crippen LogP contribution in [-0.4, -0.2) is 43.7 Å². The van der Waals surface area contributed by atoms with Gasteiger partial charge in [-0.05, 0) is 44.2 Å². The number of carbonyl (C=O) groups excluding carboxylic acids is 1. The van der Waals surface area contributed by atoms with Gasteiger partial charge in [-0.15, -0.1) is 0 Å². The molecule has 160 valence electrons. The summed E-state index contributed by atoms with van der Waals surface area (Å²) < 4.78 is 7.00. The second-order valence-electron chi connectivity index (χ2n) is 8.96. The molecule has 1 fully saturated rings. The summed E-state index contributed by atoms with van der Waals surface area (Å²) in [5, 5.41) is 0. The van der Waals surface area contributed by atoms with Crippen molar-refractivity contribution in [2.45, 2.75) is 77.2 Å². The molecule has 1 aliphatic rings. The van der Waals surface area contributed by atoms with Crippen LogP contribution < -0.4 is 17.0 Å². The van der Waals surface area contributed by atoms with Crippen LogP contribution in [0.2, 0.25) is 0 Å². The molecule has 0 bridgehead atoms. The summed E-state index contributed by atoms with van der Waals surface area (Å²) >= 11 is 0. The Balaban J connectivity index is 0.00000392. The highest BCUT2D eigenvalue weighted by Crippen LogP contribution is 2.29. The van der Waals surface area contributed by atoms with Crippen LogP contribution in [0.3, 0.4) is 0 Å². The van der Waals surface area contributed by atoms with Crippen LogP contribution in [0.15, 0.2) is 30.3 Å². The molecule has 0 saturated heterocycles. The summed E-state index contributed by atoms with van der Waals surface area (Å²) in [5.74, 6) is 0.329. The van der Waals surface area contributed by atoms with Crippen molar-refractivity contribution in [3.8, 4) is 0 Å². The van der Waals surface area contributed by atoms with Crippen molar-refractivity contribution in [2.75, 3.05) is 27.2 Å². The lowest BCUT2D eigenvalue weighted by molar-refractivity contribution is -0.894. The molecule has 2 rings (SSSR count). The molecule has 1 saturated carbocycles. The minimum Gasteiger partial charge on any atom is -1.00 e. The smallest absolute Gasteiger partial charge is 0.338 e. The van der Waals surface area contributed by atoms with Crippen molar-refractivity contribution < 1.29 is 31.0 Å². The molecule has 0 spiro atoms. The molecule has 1 aromatic rings. The predicted octanol–water partition coefficient (Wildman–Crippen LogP) is 2.84. The van der Waals surface area contributed by atoms with Crippen molar-refractivity contribution in [2.24, 2.45) is 5.92 Å². The maximum absolute atomic E-state index is 12.5. The third-order valence-electron chi connectivity index (χ3n) is 5.95. The standard InChI is InChI=1S/C24H40NO2.BrH/c1-4-5-6-7-8-14-19-25(2,3)20-22-17-12-13-18-23(22)27-24(26)21-15-10-9-11-16-21;/h9-11,15-16,22-23H,4-8,12-14,17-20H2,1-3H3;1H/q+1;/p-1/t22-,23-;/m1./s1. The first-order valence-electron chi connectivity index (χ1n) is 11.1. The molecule has 3 nitrogen and oxygen atoms in total. The highest BCUT2D eigenvalue weighted by Gasteiger charge is 2.33. The number of carbonyl (C=O) groups is 1. The van der Waals surface area contributed by atoms with Crippen LogP contribution in [-0.2, 0) is 4.74 Å². The number of hydrogen-bond donors (Lipinski definition) is 0. The molecule has 28 heavy (non-hydrogen) atoms. The van der Waals surface area contributed by atoms with Crippen LogP contribution in [0.4, 0.5) is 0 Å². The fourth-order valence-electron chi connectivity index (χ4n) is 4.36. The largest absolute Gasteiger partial charge is 1.00 e. The van der Waals surface area contributed by atoms with E-state index in [1.807, 2.05) is 30.3 Å². The number of esters is 1. The van der Waals surface area contributed by atoms with E-state index in [1.54, 1.807) is 0 Å². The number of hydrogen-bond acceptors (Lipinski definition) is 2. The van der Waals surface area contributed by atoms with Gasteiger partial charge in [0.05, 0.1) is 32.7 Å². The van der Waals surface area contributed by atoms with E-state index in [0.717, 1.165) is 17.4 Å².